The predicted octanol–water partition coefficient (Wildman–Crippen LogP) is 2.63. The molecule has 0 aliphatic heterocycles. The highest BCUT2D eigenvalue weighted by Gasteiger charge is 2.13. The minimum atomic E-state index is -0.238. The van der Waals surface area contributed by atoms with Crippen molar-refractivity contribution in [3.63, 3.8) is 0 Å². The molecule has 0 aromatic carbocycles. The Morgan fingerprint density at radius 2 is 2.07 bits per heavy atom. The summed E-state index contributed by atoms with van der Waals surface area (Å²) in [5.74, 6) is 0.608. The average molecular weight is 229 g/mol. The molecule has 1 rings (SSSR count). The van der Waals surface area contributed by atoms with Crippen LogP contribution < -0.4 is 10.1 Å². The number of nitrogens with zero attached hydrogens (tertiary/aromatic N) is 1. The van der Waals surface area contributed by atoms with Gasteiger partial charge in [-0.3, -0.25) is 0 Å². The van der Waals surface area contributed by atoms with Crippen LogP contribution in [0.2, 0.25) is 5.02 Å². The molecule has 0 unspecified atom stereocenters. The summed E-state index contributed by atoms with van der Waals surface area (Å²) in [6.45, 7) is 6.60. The Morgan fingerprint density at radius 3 is 2.60 bits per heavy atom. The second-order valence-electron chi connectivity index (χ2n) is 4.32. The minimum Gasteiger partial charge on any atom is -0.472 e. The zero-order valence-electron chi connectivity index (χ0n) is 9.60. The van der Waals surface area contributed by atoms with Crippen LogP contribution in [0, 0.1) is 0 Å². The summed E-state index contributed by atoms with van der Waals surface area (Å²) in [6, 6.07) is 3.59. The highest BCUT2D eigenvalue weighted by atomic mass is 35.5. The number of hydrogen-bond donors (Lipinski definition) is 1. The zero-order valence-corrected chi connectivity index (χ0v) is 10.4. The van der Waals surface area contributed by atoms with Gasteiger partial charge >= 0.3 is 0 Å². The van der Waals surface area contributed by atoms with E-state index >= 15 is 0 Å². The van der Waals surface area contributed by atoms with Gasteiger partial charge in [0, 0.05) is 12.6 Å². The van der Waals surface area contributed by atoms with Crippen molar-refractivity contribution in [3.05, 3.63) is 22.8 Å². The van der Waals surface area contributed by atoms with Crippen LogP contribution in [-0.2, 0) is 6.54 Å². The van der Waals surface area contributed by atoms with Crippen molar-refractivity contribution >= 4 is 11.6 Å². The number of hydrogen-bond acceptors (Lipinski definition) is 3. The van der Waals surface area contributed by atoms with Gasteiger partial charge in [0.2, 0.25) is 5.88 Å². The number of pyridine rings is 1. The first-order valence-corrected chi connectivity index (χ1v) is 5.29. The third kappa shape index (κ3) is 4.06. The molecule has 0 fully saturated rings. The van der Waals surface area contributed by atoms with E-state index in [0.29, 0.717) is 17.4 Å². The molecule has 0 saturated heterocycles. The van der Waals surface area contributed by atoms with E-state index in [1.807, 2.05) is 33.9 Å². The van der Waals surface area contributed by atoms with E-state index in [9.17, 15) is 0 Å². The van der Waals surface area contributed by atoms with E-state index < -0.39 is 0 Å². The largest absolute Gasteiger partial charge is 0.472 e. The fourth-order valence-electron chi connectivity index (χ4n) is 1.13. The molecule has 84 valence electrons. The summed E-state index contributed by atoms with van der Waals surface area (Å²) in [5.41, 5.74) is 0.568. The summed E-state index contributed by atoms with van der Waals surface area (Å²) in [4.78, 5) is 4.33. The van der Waals surface area contributed by atoms with Crippen LogP contribution in [0.25, 0.3) is 0 Å². The highest BCUT2D eigenvalue weighted by molar-refractivity contribution is 6.31. The molecule has 0 atom stereocenters. The maximum Gasteiger partial charge on any atom is 0.214 e. The predicted molar refractivity (Wildman–Crippen MR) is 62.4 cm³/mol. The van der Waals surface area contributed by atoms with Gasteiger partial charge in [-0.1, -0.05) is 11.6 Å². The van der Waals surface area contributed by atoms with Crippen molar-refractivity contribution in [2.45, 2.75) is 32.9 Å². The zero-order chi connectivity index (χ0) is 11.5. The van der Waals surface area contributed by atoms with E-state index in [1.54, 1.807) is 6.07 Å². The Bertz CT molecular complexity index is 334. The Morgan fingerprint density at radius 1 is 1.40 bits per heavy atom. The molecule has 0 aliphatic rings. The Labute approximate surface area is 95.8 Å². The third-order valence-corrected chi connectivity index (χ3v) is 1.99. The van der Waals surface area contributed by atoms with Crippen LogP contribution in [0.3, 0.4) is 0 Å². The summed E-state index contributed by atoms with van der Waals surface area (Å²) in [6.07, 6.45) is 0. The van der Waals surface area contributed by atoms with Gasteiger partial charge in [-0.15, -0.1) is 0 Å². The second kappa shape index (κ2) is 4.81. The van der Waals surface area contributed by atoms with E-state index in [-0.39, 0.29) is 5.60 Å². The standard InChI is InChI=1S/C11H17ClN2O/c1-11(2,3)15-10-6-5-8(12)9(14-10)7-13-4/h5-6,13H,7H2,1-4H3. The van der Waals surface area contributed by atoms with Gasteiger partial charge in [-0.25, -0.2) is 4.98 Å². The van der Waals surface area contributed by atoms with Gasteiger partial charge in [0.25, 0.3) is 0 Å². The number of aromatic nitrogens is 1. The van der Waals surface area contributed by atoms with E-state index in [2.05, 4.69) is 10.3 Å². The molecule has 0 aliphatic carbocycles. The van der Waals surface area contributed by atoms with Crippen molar-refractivity contribution in [3.8, 4) is 5.88 Å². The van der Waals surface area contributed by atoms with Gasteiger partial charge < -0.3 is 10.1 Å². The van der Waals surface area contributed by atoms with Crippen molar-refractivity contribution < 1.29 is 4.74 Å². The second-order valence-corrected chi connectivity index (χ2v) is 4.73. The molecule has 0 bridgehead atoms. The fourth-order valence-corrected chi connectivity index (χ4v) is 1.30. The van der Waals surface area contributed by atoms with Crippen LogP contribution in [0.5, 0.6) is 5.88 Å². The number of ether oxygens (including phenoxy) is 1. The van der Waals surface area contributed by atoms with E-state index in [4.69, 9.17) is 16.3 Å². The summed E-state index contributed by atoms with van der Waals surface area (Å²) in [7, 11) is 1.86. The first-order valence-electron chi connectivity index (χ1n) is 4.91. The molecule has 1 aromatic heterocycles. The van der Waals surface area contributed by atoms with Crippen molar-refractivity contribution in [1.29, 1.82) is 0 Å². The van der Waals surface area contributed by atoms with E-state index in [1.165, 1.54) is 0 Å². The molecule has 1 aromatic rings. The summed E-state index contributed by atoms with van der Waals surface area (Å²) >= 11 is 5.99. The van der Waals surface area contributed by atoms with Crippen LogP contribution in [0.15, 0.2) is 12.1 Å². The molecule has 1 heterocycles. The molecule has 3 nitrogen and oxygen atoms in total. The van der Waals surface area contributed by atoms with Gasteiger partial charge in [0.05, 0.1) is 10.7 Å². The van der Waals surface area contributed by atoms with Crippen LogP contribution in [0.4, 0.5) is 0 Å². The van der Waals surface area contributed by atoms with Gasteiger partial charge in [0.1, 0.15) is 5.60 Å². The lowest BCUT2D eigenvalue weighted by molar-refractivity contribution is 0.124. The molecule has 0 radical (unpaired) electrons. The van der Waals surface area contributed by atoms with Gasteiger partial charge in [-0.2, -0.15) is 0 Å². The lowest BCUT2D eigenvalue weighted by atomic mass is 10.2. The van der Waals surface area contributed by atoms with Crippen LogP contribution in [-0.4, -0.2) is 17.6 Å². The first kappa shape index (κ1) is 12.3. The lowest BCUT2D eigenvalue weighted by Gasteiger charge is -2.20. The van der Waals surface area contributed by atoms with Gasteiger partial charge in [-0.05, 0) is 33.9 Å². The Hall–Kier alpha value is -0.800. The SMILES string of the molecule is CNCc1nc(OC(C)(C)C)ccc1Cl. The number of halogens is 1. The molecule has 4 heteroatoms. The van der Waals surface area contributed by atoms with Crippen molar-refractivity contribution in [2.24, 2.45) is 0 Å². The molecule has 0 saturated carbocycles. The average Bonchev–Trinajstić information content (AvgIpc) is 2.09. The Balaban J connectivity index is 2.87. The minimum absolute atomic E-state index is 0.238. The van der Waals surface area contributed by atoms with Crippen molar-refractivity contribution in [2.75, 3.05) is 7.05 Å². The molecule has 0 amide bonds. The number of nitrogens with one attached hydrogen (secondary N) is 1. The molecule has 0 spiro atoms. The quantitative estimate of drug-likeness (QED) is 0.864. The number of rotatable bonds is 3. The monoisotopic (exact) mass is 228 g/mol. The summed E-state index contributed by atoms with van der Waals surface area (Å²) < 4.78 is 5.65. The molecule has 1 N–H and O–H groups in total. The summed E-state index contributed by atoms with van der Waals surface area (Å²) in [5, 5.41) is 3.67. The van der Waals surface area contributed by atoms with Crippen LogP contribution >= 0.6 is 11.6 Å². The molecular weight excluding hydrogens is 212 g/mol. The van der Waals surface area contributed by atoms with E-state index in [0.717, 1.165) is 5.69 Å². The maximum absolute atomic E-state index is 5.99. The lowest BCUT2D eigenvalue weighted by Crippen LogP contribution is -2.23. The third-order valence-electron chi connectivity index (χ3n) is 1.65. The van der Waals surface area contributed by atoms with Crippen molar-refractivity contribution in [1.82, 2.24) is 10.3 Å². The fraction of sp³-hybridized carbons (Fsp3) is 0.545. The maximum atomic E-state index is 5.99. The molecular formula is C11H17ClN2O. The Kier molecular flexibility index (Phi) is 3.94. The molecule has 15 heavy (non-hydrogen) atoms. The normalized spacial score (nSPS) is 11.5. The smallest absolute Gasteiger partial charge is 0.214 e. The highest BCUT2D eigenvalue weighted by Crippen LogP contribution is 2.20. The van der Waals surface area contributed by atoms with Crippen LogP contribution in [0.1, 0.15) is 26.5 Å². The van der Waals surface area contributed by atoms with Gasteiger partial charge in [0.15, 0.2) is 0 Å². The first-order chi connectivity index (χ1) is 6.92. The topological polar surface area (TPSA) is 34.2 Å².